The molecule has 0 fully saturated rings. The Hall–Kier alpha value is -0.550. The highest BCUT2D eigenvalue weighted by Crippen LogP contribution is 2.10. The molecule has 0 amide bonds. The zero-order valence-corrected chi connectivity index (χ0v) is 9.72. The summed E-state index contributed by atoms with van der Waals surface area (Å²) in [6.45, 7) is 3.98. The summed E-state index contributed by atoms with van der Waals surface area (Å²) in [6.07, 6.45) is 2.07. The summed E-state index contributed by atoms with van der Waals surface area (Å²) >= 11 is 0. The molecule has 0 saturated carbocycles. The quantitative estimate of drug-likeness (QED) is 0.746. The predicted molar refractivity (Wildman–Crippen MR) is 56.0 cm³/mol. The molecular weight excluding hydrogens is 224 g/mol. The normalized spacial score (nSPS) is 12.3. The smallest absolute Gasteiger partial charge is 0.232 e. The van der Waals surface area contributed by atoms with E-state index in [-0.39, 0.29) is 11.8 Å². The molecule has 0 bridgehead atoms. The molecule has 0 saturated heterocycles. The fourth-order valence-electron chi connectivity index (χ4n) is 1.23. The van der Waals surface area contributed by atoms with E-state index in [4.69, 9.17) is 10.7 Å². The van der Waals surface area contributed by atoms with E-state index in [1.807, 2.05) is 19.9 Å². The highest BCUT2D eigenvalue weighted by atomic mass is 35.7. The van der Waals surface area contributed by atoms with Crippen LogP contribution in [0.1, 0.15) is 25.6 Å². The lowest BCUT2D eigenvalue weighted by Gasteiger charge is -2.09. The van der Waals surface area contributed by atoms with Gasteiger partial charge in [-0.3, -0.25) is 4.68 Å². The lowest BCUT2D eigenvalue weighted by molar-refractivity contribution is 0.511. The molecule has 4 nitrogen and oxygen atoms in total. The van der Waals surface area contributed by atoms with Crippen LogP contribution in [0.3, 0.4) is 0 Å². The summed E-state index contributed by atoms with van der Waals surface area (Å²) in [4.78, 5) is 0. The zero-order chi connectivity index (χ0) is 10.8. The average molecular weight is 237 g/mol. The number of hydrogen-bond acceptors (Lipinski definition) is 3. The number of aryl methyl sites for hydroxylation is 1. The number of nitrogens with zero attached hydrogens (tertiary/aromatic N) is 2. The van der Waals surface area contributed by atoms with Crippen molar-refractivity contribution in [1.29, 1.82) is 0 Å². The molecule has 0 unspecified atom stereocenters. The molecule has 0 aliphatic rings. The van der Waals surface area contributed by atoms with Crippen LogP contribution < -0.4 is 0 Å². The maximum atomic E-state index is 10.7. The first kappa shape index (κ1) is 11.5. The van der Waals surface area contributed by atoms with Crippen LogP contribution in [0.25, 0.3) is 0 Å². The second-order valence-electron chi connectivity index (χ2n) is 3.35. The standard InChI is InChI=1S/C8H13ClN2O2S/c1-7(2)11-8(3-5-10-11)4-6-14(9,12)13/h3,5,7H,4,6H2,1-2H3. The van der Waals surface area contributed by atoms with Gasteiger partial charge in [-0.25, -0.2) is 8.42 Å². The molecule has 0 N–H and O–H groups in total. The second-order valence-corrected chi connectivity index (χ2v) is 6.25. The van der Waals surface area contributed by atoms with Gasteiger partial charge in [-0.05, 0) is 19.9 Å². The van der Waals surface area contributed by atoms with Crippen LogP contribution in [-0.2, 0) is 15.5 Å². The van der Waals surface area contributed by atoms with Crippen LogP contribution in [0, 0.1) is 0 Å². The lowest BCUT2D eigenvalue weighted by Crippen LogP contribution is -2.10. The Morgan fingerprint density at radius 2 is 2.21 bits per heavy atom. The van der Waals surface area contributed by atoms with Gasteiger partial charge in [-0.2, -0.15) is 5.10 Å². The molecule has 0 radical (unpaired) electrons. The van der Waals surface area contributed by atoms with E-state index >= 15 is 0 Å². The van der Waals surface area contributed by atoms with E-state index in [0.717, 1.165) is 5.69 Å². The third-order valence-corrected chi connectivity index (χ3v) is 3.00. The molecule has 1 aromatic heterocycles. The monoisotopic (exact) mass is 236 g/mol. The molecule has 0 atom stereocenters. The maximum Gasteiger partial charge on any atom is 0.232 e. The molecule has 0 aliphatic carbocycles. The third-order valence-electron chi connectivity index (χ3n) is 1.84. The minimum Gasteiger partial charge on any atom is -0.267 e. The largest absolute Gasteiger partial charge is 0.267 e. The van der Waals surface area contributed by atoms with Gasteiger partial charge in [0.05, 0.1) is 5.75 Å². The number of rotatable bonds is 4. The van der Waals surface area contributed by atoms with E-state index in [2.05, 4.69) is 5.10 Å². The van der Waals surface area contributed by atoms with Gasteiger partial charge in [-0.1, -0.05) is 0 Å². The van der Waals surface area contributed by atoms with Gasteiger partial charge in [0, 0.05) is 35.0 Å². The number of aromatic nitrogens is 2. The van der Waals surface area contributed by atoms with Crippen LogP contribution in [0.15, 0.2) is 12.3 Å². The Kier molecular flexibility index (Phi) is 3.55. The van der Waals surface area contributed by atoms with Crippen LogP contribution in [0.5, 0.6) is 0 Å². The van der Waals surface area contributed by atoms with Crippen molar-refractivity contribution in [3.63, 3.8) is 0 Å². The first-order valence-electron chi connectivity index (χ1n) is 4.35. The molecule has 0 aromatic carbocycles. The summed E-state index contributed by atoms with van der Waals surface area (Å²) in [7, 11) is 1.71. The Morgan fingerprint density at radius 1 is 1.57 bits per heavy atom. The summed E-state index contributed by atoms with van der Waals surface area (Å²) in [5.74, 6) is -0.0486. The maximum absolute atomic E-state index is 10.7. The minimum absolute atomic E-state index is 0.0486. The van der Waals surface area contributed by atoms with E-state index in [0.29, 0.717) is 6.42 Å². The lowest BCUT2D eigenvalue weighted by atomic mass is 10.3. The van der Waals surface area contributed by atoms with Crippen LogP contribution in [0.2, 0.25) is 0 Å². The van der Waals surface area contributed by atoms with Crippen molar-refractivity contribution in [2.24, 2.45) is 0 Å². The van der Waals surface area contributed by atoms with Crippen molar-refractivity contribution >= 4 is 19.7 Å². The van der Waals surface area contributed by atoms with Crippen LogP contribution in [-0.4, -0.2) is 24.0 Å². The summed E-state index contributed by atoms with van der Waals surface area (Å²) in [5, 5.41) is 4.10. The van der Waals surface area contributed by atoms with Gasteiger partial charge >= 0.3 is 0 Å². The Bertz CT molecular complexity index is 397. The van der Waals surface area contributed by atoms with E-state index < -0.39 is 9.05 Å². The van der Waals surface area contributed by atoms with E-state index in [1.165, 1.54) is 0 Å². The van der Waals surface area contributed by atoms with Crippen LogP contribution >= 0.6 is 10.7 Å². The topological polar surface area (TPSA) is 52.0 Å². The molecule has 1 heterocycles. The van der Waals surface area contributed by atoms with Crippen molar-refractivity contribution in [2.45, 2.75) is 26.3 Å². The van der Waals surface area contributed by atoms with Crippen molar-refractivity contribution in [3.8, 4) is 0 Å². The summed E-state index contributed by atoms with van der Waals surface area (Å²) in [5.41, 5.74) is 0.893. The first-order chi connectivity index (χ1) is 6.40. The fourth-order valence-corrected chi connectivity index (χ4v) is 1.92. The molecule has 0 spiro atoms. The molecule has 6 heteroatoms. The highest BCUT2D eigenvalue weighted by molar-refractivity contribution is 8.13. The zero-order valence-electron chi connectivity index (χ0n) is 8.14. The molecule has 0 aliphatic heterocycles. The van der Waals surface area contributed by atoms with Crippen molar-refractivity contribution < 1.29 is 8.42 Å². The van der Waals surface area contributed by atoms with Crippen molar-refractivity contribution in [2.75, 3.05) is 5.75 Å². The van der Waals surface area contributed by atoms with Gasteiger partial charge in [0.15, 0.2) is 0 Å². The van der Waals surface area contributed by atoms with Crippen LogP contribution in [0.4, 0.5) is 0 Å². The van der Waals surface area contributed by atoms with Gasteiger partial charge < -0.3 is 0 Å². The number of hydrogen-bond donors (Lipinski definition) is 0. The van der Waals surface area contributed by atoms with Crippen molar-refractivity contribution in [3.05, 3.63) is 18.0 Å². The molecule has 14 heavy (non-hydrogen) atoms. The third kappa shape index (κ3) is 3.31. The number of halogens is 1. The summed E-state index contributed by atoms with van der Waals surface area (Å²) < 4.78 is 23.3. The Labute approximate surface area is 88.3 Å². The first-order valence-corrected chi connectivity index (χ1v) is 6.83. The highest BCUT2D eigenvalue weighted by Gasteiger charge is 2.10. The minimum atomic E-state index is -3.41. The van der Waals surface area contributed by atoms with Gasteiger partial charge in [0.25, 0.3) is 0 Å². The van der Waals surface area contributed by atoms with Gasteiger partial charge in [-0.15, -0.1) is 0 Å². The molecule has 1 aromatic rings. The molecule has 1 rings (SSSR count). The van der Waals surface area contributed by atoms with E-state index in [1.54, 1.807) is 10.9 Å². The van der Waals surface area contributed by atoms with Gasteiger partial charge in [0.2, 0.25) is 9.05 Å². The second kappa shape index (κ2) is 4.31. The summed E-state index contributed by atoms with van der Waals surface area (Å²) in [6, 6.07) is 2.04. The predicted octanol–water partition coefficient (Wildman–Crippen LogP) is 1.58. The Balaban J connectivity index is 2.72. The fraction of sp³-hybridized carbons (Fsp3) is 0.625. The molecular formula is C8H13ClN2O2S. The average Bonchev–Trinajstić information content (AvgIpc) is 2.46. The van der Waals surface area contributed by atoms with E-state index in [9.17, 15) is 8.42 Å². The van der Waals surface area contributed by atoms with Gasteiger partial charge in [0.1, 0.15) is 0 Å². The van der Waals surface area contributed by atoms with Crippen molar-refractivity contribution in [1.82, 2.24) is 9.78 Å². The molecule has 80 valence electrons. The Morgan fingerprint density at radius 3 is 2.71 bits per heavy atom. The SMILES string of the molecule is CC(C)n1nccc1CCS(=O)(=O)Cl.